The third-order valence-corrected chi connectivity index (χ3v) is 3.66. The summed E-state index contributed by atoms with van der Waals surface area (Å²) in [5.41, 5.74) is 0.910. The van der Waals surface area contributed by atoms with Crippen LogP contribution in [0.2, 0.25) is 0 Å². The highest BCUT2D eigenvalue weighted by molar-refractivity contribution is 9.09. The second-order valence-corrected chi connectivity index (χ2v) is 4.37. The van der Waals surface area contributed by atoms with Crippen molar-refractivity contribution in [1.29, 1.82) is 0 Å². The summed E-state index contributed by atoms with van der Waals surface area (Å²) < 4.78 is 0. The van der Waals surface area contributed by atoms with Gasteiger partial charge in [-0.05, 0) is 43.4 Å². The third-order valence-electron chi connectivity index (χ3n) is 3.21. The molecule has 0 aromatic carbocycles. The van der Waals surface area contributed by atoms with Crippen molar-refractivity contribution in [3.8, 4) is 0 Å². The standard InChI is InChI=1S/C8H13Br/c9-6-2-7-1-3-8(7)4-5-8/h7H,1-6H2. The van der Waals surface area contributed by atoms with E-state index in [4.69, 9.17) is 0 Å². The zero-order chi connectivity index (χ0) is 6.32. The Bertz CT molecular complexity index is 116. The monoisotopic (exact) mass is 188 g/mol. The molecule has 0 aromatic heterocycles. The van der Waals surface area contributed by atoms with Gasteiger partial charge in [0.25, 0.3) is 0 Å². The molecule has 1 unspecified atom stereocenters. The molecule has 2 aliphatic rings. The Balaban J connectivity index is 1.85. The SMILES string of the molecule is BrCCC1CCC12CC2. The highest BCUT2D eigenvalue weighted by Crippen LogP contribution is 2.65. The van der Waals surface area contributed by atoms with Crippen LogP contribution < -0.4 is 0 Å². The zero-order valence-corrected chi connectivity index (χ0v) is 7.28. The van der Waals surface area contributed by atoms with Gasteiger partial charge in [-0.25, -0.2) is 0 Å². The molecule has 1 heteroatoms. The number of hydrogen-bond donors (Lipinski definition) is 0. The van der Waals surface area contributed by atoms with E-state index in [1.807, 2.05) is 0 Å². The van der Waals surface area contributed by atoms with Gasteiger partial charge < -0.3 is 0 Å². The fourth-order valence-corrected chi connectivity index (χ4v) is 2.71. The minimum atomic E-state index is 0.910. The molecule has 9 heavy (non-hydrogen) atoms. The molecule has 52 valence electrons. The summed E-state index contributed by atoms with van der Waals surface area (Å²) in [6.07, 6.45) is 7.59. The molecule has 0 aromatic rings. The lowest BCUT2D eigenvalue weighted by atomic mass is 9.69. The topological polar surface area (TPSA) is 0 Å². The maximum atomic E-state index is 3.50. The Labute approximate surface area is 65.1 Å². The molecule has 2 saturated carbocycles. The van der Waals surface area contributed by atoms with Gasteiger partial charge in [0.1, 0.15) is 0 Å². The van der Waals surface area contributed by atoms with Crippen molar-refractivity contribution < 1.29 is 0 Å². The Kier molecular flexibility index (Phi) is 1.37. The fourth-order valence-electron chi connectivity index (χ4n) is 2.16. The van der Waals surface area contributed by atoms with Crippen LogP contribution >= 0.6 is 15.9 Å². The van der Waals surface area contributed by atoms with Gasteiger partial charge in [0.05, 0.1) is 0 Å². The molecule has 0 amide bonds. The first-order valence-electron chi connectivity index (χ1n) is 3.93. The summed E-state index contributed by atoms with van der Waals surface area (Å²) in [5, 5.41) is 1.22. The number of hydrogen-bond acceptors (Lipinski definition) is 0. The third kappa shape index (κ3) is 0.849. The minimum absolute atomic E-state index is 0.910. The quantitative estimate of drug-likeness (QED) is 0.586. The predicted molar refractivity (Wildman–Crippen MR) is 42.8 cm³/mol. The first kappa shape index (κ1) is 6.21. The summed E-state index contributed by atoms with van der Waals surface area (Å²) in [6, 6.07) is 0. The molecular weight excluding hydrogens is 176 g/mol. The van der Waals surface area contributed by atoms with E-state index in [9.17, 15) is 0 Å². The van der Waals surface area contributed by atoms with Crippen LogP contribution in [0.25, 0.3) is 0 Å². The van der Waals surface area contributed by atoms with Crippen molar-refractivity contribution in [1.82, 2.24) is 0 Å². The van der Waals surface area contributed by atoms with E-state index in [0.29, 0.717) is 0 Å². The Morgan fingerprint density at radius 2 is 2.11 bits per heavy atom. The predicted octanol–water partition coefficient (Wildman–Crippen LogP) is 2.96. The number of alkyl halides is 1. The van der Waals surface area contributed by atoms with Gasteiger partial charge in [-0.1, -0.05) is 15.9 Å². The molecule has 0 heterocycles. The average Bonchev–Trinajstić information content (AvgIpc) is 2.60. The van der Waals surface area contributed by atoms with Crippen molar-refractivity contribution in [2.24, 2.45) is 11.3 Å². The summed E-state index contributed by atoms with van der Waals surface area (Å²) in [7, 11) is 0. The van der Waals surface area contributed by atoms with Gasteiger partial charge in [-0.2, -0.15) is 0 Å². The summed E-state index contributed by atoms with van der Waals surface area (Å²) in [5.74, 6) is 1.11. The van der Waals surface area contributed by atoms with Crippen LogP contribution in [-0.2, 0) is 0 Å². The maximum Gasteiger partial charge on any atom is 0.00341 e. The second kappa shape index (κ2) is 1.98. The van der Waals surface area contributed by atoms with Crippen molar-refractivity contribution in [3.63, 3.8) is 0 Å². The molecular formula is C8H13Br. The van der Waals surface area contributed by atoms with Crippen LogP contribution in [0.3, 0.4) is 0 Å². The van der Waals surface area contributed by atoms with E-state index in [1.54, 1.807) is 19.3 Å². The summed E-state index contributed by atoms with van der Waals surface area (Å²) in [6.45, 7) is 0. The van der Waals surface area contributed by atoms with Gasteiger partial charge in [0, 0.05) is 5.33 Å². The summed E-state index contributed by atoms with van der Waals surface area (Å²) in [4.78, 5) is 0. The average molecular weight is 189 g/mol. The van der Waals surface area contributed by atoms with Crippen LogP contribution in [0.1, 0.15) is 32.1 Å². The maximum absolute atomic E-state index is 3.50. The molecule has 0 bridgehead atoms. The molecule has 2 fully saturated rings. The first-order valence-corrected chi connectivity index (χ1v) is 5.05. The van der Waals surface area contributed by atoms with E-state index in [2.05, 4.69) is 15.9 Å². The van der Waals surface area contributed by atoms with E-state index >= 15 is 0 Å². The van der Waals surface area contributed by atoms with Gasteiger partial charge in [0.2, 0.25) is 0 Å². The molecule has 1 atom stereocenters. The first-order chi connectivity index (χ1) is 4.37. The van der Waals surface area contributed by atoms with E-state index in [-0.39, 0.29) is 0 Å². The van der Waals surface area contributed by atoms with Crippen molar-refractivity contribution in [3.05, 3.63) is 0 Å². The normalized spacial score (nSPS) is 36.3. The molecule has 1 spiro atoms. The summed E-state index contributed by atoms with van der Waals surface area (Å²) >= 11 is 3.50. The minimum Gasteiger partial charge on any atom is -0.0928 e. The lowest BCUT2D eigenvalue weighted by molar-refractivity contribution is 0.145. The van der Waals surface area contributed by atoms with Crippen LogP contribution in [-0.4, -0.2) is 5.33 Å². The molecule has 0 saturated heterocycles. The molecule has 2 rings (SSSR count). The van der Waals surface area contributed by atoms with Crippen molar-refractivity contribution in [2.75, 3.05) is 5.33 Å². The van der Waals surface area contributed by atoms with Crippen LogP contribution in [0.5, 0.6) is 0 Å². The fraction of sp³-hybridized carbons (Fsp3) is 1.00. The van der Waals surface area contributed by atoms with Gasteiger partial charge in [-0.15, -0.1) is 0 Å². The highest BCUT2D eigenvalue weighted by atomic mass is 79.9. The lowest BCUT2D eigenvalue weighted by Crippen LogP contribution is -2.27. The molecule has 0 nitrogen and oxygen atoms in total. The van der Waals surface area contributed by atoms with Gasteiger partial charge in [0.15, 0.2) is 0 Å². The smallest absolute Gasteiger partial charge is 0.00341 e. The Morgan fingerprint density at radius 3 is 2.44 bits per heavy atom. The lowest BCUT2D eigenvalue weighted by Gasteiger charge is -2.37. The Hall–Kier alpha value is 0.480. The number of rotatable bonds is 2. The molecule has 2 aliphatic carbocycles. The van der Waals surface area contributed by atoms with Crippen molar-refractivity contribution >= 4 is 15.9 Å². The van der Waals surface area contributed by atoms with Crippen LogP contribution in [0.15, 0.2) is 0 Å². The van der Waals surface area contributed by atoms with E-state index < -0.39 is 0 Å². The molecule has 0 N–H and O–H groups in total. The van der Waals surface area contributed by atoms with Gasteiger partial charge >= 0.3 is 0 Å². The second-order valence-electron chi connectivity index (χ2n) is 3.58. The van der Waals surface area contributed by atoms with E-state index in [1.165, 1.54) is 18.2 Å². The van der Waals surface area contributed by atoms with Crippen molar-refractivity contribution in [2.45, 2.75) is 32.1 Å². The van der Waals surface area contributed by atoms with E-state index in [0.717, 1.165) is 11.3 Å². The van der Waals surface area contributed by atoms with Crippen LogP contribution in [0, 0.1) is 11.3 Å². The largest absolute Gasteiger partial charge is 0.0928 e. The number of halogens is 1. The molecule has 0 radical (unpaired) electrons. The molecule has 0 aliphatic heterocycles. The Morgan fingerprint density at radius 1 is 1.33 bits per heavy atom. The zero-order valence-electron chi connectivity index (χ0n) is 5.70. The van der Waals surface area contributed by atoms with Gasteiger partial charge in [-0.3, -0.25) is 0 Å². The van der Waals surface area contributed by atoms with Crippen LogP contribution in [0.4, 0.5) is 0 Å². The highest BCUT2D eigenvalue weighted by Gasteiger charge is 2.54.